The van der Waals surface area contributed by atoms with Crippen LogP contribution in [0.25, 0.3) is 0 Å². The number of rotatable bonds is 6. The van der Waals surface area contributed by atoms with Gasteiger partial charge in [-0.05, 0) is 54.8 Å². The molecule has 2 aromatic carbocycles. The van der Waals surface area contributed by atoms with E-state index in [-0.39, 0.29) is 5.91 Å². The topological polar surface area (TPSA) is 36.0 Å². The first-order chi connectivity index (χ1) is 14.1. The molecule has 154 valence electrons. The number of hydrogen-bond acceptors (Lipinski definition) is 4. The van der Waals surface area contributed by atoms with Gasteiger partial charge in [0.2, 0.25) is 0 Å². The highest BCUT2D eigenvalue weighted by atomic mass is 35.5. The average molecular weight is 414 g/mol. The molecule has 2 aliphatic rings. The van der Waals surface area contributed by atoms with Crippen LogP contribution in [0.3, 0.4) is 0 Å². The Morgan fingerprint density at radius 1 is 1.00 bits per heavy atom. The largest absolute Gasteiger partial charge is 0.494 e. The van der Waals surface area contributed by atoms with Crippen LogP contribution >= 0.6 is 11.6 Å². The van der Waals surface area contributed by atoms with E-state index in [9.17, 15) is 4.79 Å². The van der Waals surface area contributed by atoms with E-state index in [1.807, 2.05) is 37.4 Å². The Bertz CT molecular complexity index is 848. The molecular weight excluding hydrogens is 386 g/mol. The van der Waals surface area contributed by atoms with Gasteiger partial charge in [0.15, 0.2) is 0 Å². The van der Waals surface area contributed by atoms with Crippen molar-refractivity contribution in [3.8, 4) is 5.75 Å². The Labute approximate surface area is 177 Å². The lowest BCUT2D eigenvalue weighted by atomic mass is 9.99. The summed E-state index contributed by atoms with van der Waals surface area (Å²) in [5, 5.41) is 0.780. The molecule has 0 bridgehead atoms. The van der Waals surface area contributed by atoms with E-state index in [0.717, 1.165) is 74.0 Å². The van der Waals surface area contributed by atoms with Crippen molar-refractivity contribution in [3.63, 3.8) is 0 Å². The fraction of sp³-hybridized carbons (Fsp3) is 0.435. The van der Waals surface area contributed by atoms with Gasteiger partial charge in [-0.15, -0.1) is 0 Å². The van der Waals surface area contributed by atoms with E-state index in [1.165, 1.54) is 5.69 Å². The number of benzene rings is 2. The minimum Gasteiger partial charge on any atom is -0.494 e. The van der Waals surface area contributed by atoms with Gasteiger partial charge in [-0.25, -0.2) is 0 Å². The van der Waals surface area contributed by atoms with E-state index in [4.69, 9.17) is 16.3 Å². The van der Waals surface area contributed by atoms with Crippen molar-refractivity contribution in [2.45, 2.75) is 12.8 Å². The van der Waals surface area contributed by atoms with Crippen LogP contribution in [-0.2, 0) is 6.42 Å². The number of nitrogens with zero attached hydrogens (tertiary/aromatic N) is 3. The number of ether oxygens (including phenoxy) is 1. The maximum Gasteiger partial charge on any atom is 0.254 e. The number of likely N-dealkylation sites (N-methyl/N-ethyl adjacent to an activating group) is 1. The number of hydrogen-bond donors (Lipinski definition) is 0. The fourth-order valence-corrected chi connectivity index (χ4v) is 4.14. The van der Waals surface area contributed by atoms with Crippen LogP contribution in [0, 0.1) is 0 Å². The Kier molecular flexibility index (Phi) is 6.26. The zero-order valence-corrected chi connectivity index (χ0v) is 17.7. The van der Waals surface area contributed by atoms with E-state index >= 15 is 0 Å². The maximum atomic E-state index is 12.3. The highest BCUT2D eigenvalue weighted by molar-refractivity contribution is 6.30. The molecule has 4 rings (SSSR count). The minimum absolute atomic E-state index is 0.0928. The first-order valence-corrected chi connectivity index (χ1v) is 10.7. The van der Waals surface area contributed by atoms with Crippen molar-refractivity contribution >= 4 is 23.2 Å². The predicted octanol–water partition coefficient (Wildman–Crippen LogP) is 3.56. The number of anilines is 1. The highest BCUT2D eigenvalue weighted by Gasteiger charge is 2.22. The van der Waals surface area contributed by atoms with Gasteiger partial charge in [-0.3, -0.25) is 9.69 Å². The van der Waals surface area contributed by atoms with Gasteiger partial charge in [-0.2, -0.15) is 0 Å². The summed E-state index contributed by atoms with van der Waals surface area (Å²) in [5.41, 5.74) is 3.15. The molecule has 6 heteroatoms. The van der Waals surface area contributed by atoms with Gasteiger partial charge in [0, 0.05) is 62.6 Å². The van der Waals surface area contributed by atoms with Gasteiger partial charge >= 0.3 is 0 Å². The van der Waals surface area contributed by atoms with E-state index in [0.29, 0.717) is 6.61 Å². The van der Waals surface area contributed by atoms with Gasteiger partial charge < -0.3 is 14.5 Å². The number of amides is 1. The van der Waals surface area contributed by atoms with Gasteiger partial charge in [0.25, 0.3) is 5.91 Å². The van der Waals surface area contributed by atoms with Crippen molar-refractivity contribution in [1.82, 2.24) is 9.80 Å². The second-order valence-corrected chi connectivity index (χ2v) is 8.24. The molecule has 5 nitrogen and oxygen atoms in total. The number of halogens is 1. The number of carbonyl (C=O) groups excluding carboxylic acids is 1. The summed E-state index contributed by atoms with van der Waals surface area (Å²) >= 11 is 5.98. The average Bonchev–Trinajstić information content (AvgIpc) is 2.75. The van der Waals surface area contributed by atoms with Crippen molar-refractivity contribution in [3.05, 3.63) is 58.6 Å². The van der Waals surface area contributed by atoms with E-state index in [1.54, 1.807) is 4.90 Å². The van der Waals surface area contributed by atoms with Crippen LogP contribution in [0.15, 0.2) is 42.5 Å². The Balaban J connectivity index is 1.20. The maximum absolute atomic E-state index is 12.3. The zero-order chi connectivity index (χ0) is 20.2. The smallest absolute Gasteiger partial charge is 0.254 e. The summed E-state index contributed by atoms with van der Waals surface area (Å²) in [6, 6.07) is 14.0. The summed E-state index contributed by atoms with van der Waals surface area (Å²) in [6.45, 7) is 6.66. The quantitative estimate of drug-likeness (QED) is 0.678. The Morgan fingerprint density at radius 3 is 2.52 bits per heavy atom. The molecule has 1 saturated heterocycles. The fourth-order valence-electron chi connectivity index (χ4n) is 4.02. The van der Waals surface area contributed by atoms with Crippen LogP contribution in [0.4, 0.5) is 5.69 Å². The molecule has 0 saturated carbocycles. The molecule has 0 N–H and O–H groups in total. The SMILES string of the molecule is CN1CCc2ccc(OCCCN3CCN(c4ccc(Cl)cc4)CC3)cc2C1=O. The summed E-state index contributed by atoms with van der Waals surface area (Å²) in [7, 11) is 1.85. The molecule has 0 aliphatic carbocycles. The Hall–Kier alpha value is -2.24. The normalized spacial score (nSPS) is 17.4. The number of piperazine rings is 1. The lowest BCUT2D eigenvalue weighted by Gasteiger charge is -2.36. The van der Waals surface area contributed by atoms with Crippen LogP contribution in [0.1, 0.15) is 22.3 Å². The molecular formula is C23H28ClN3O2. The van der Waals surface area contributed by atoms with Crippen molar-refractivity contribution in [1.29, 1.82) is 0 Å². The molecule has 1 fully saturated rings. The van der Waals surface area contributed by atoms with E-state index in [2.05, 4.69) is 21.9 Å². The molecule has 0 spiro atoms. The van der Waals surface area contributed by atoms with Crippen molar-refractivity contribution in [2.24, 2.45) is 0 Å². The monoisotopic (exact) mass is 413 g/mol. The predicted molar refractivity (Wildman–Crippen MR) is 117 cm³/mol. The van der Waals surface area contributed by atoms with Crippen molar-refractivity contribution in [2.75, 3.05) is 57.8 Å². The lowest BCUT2D eigenvalue weighted by molar-refractivity contribution is 0.0780. The first kappa shape index (κ1) is 20.0. The van der Waals surface area contributed by atoms with Crippen LogP contribution in [-0.4, -0.2) is 68.6 Å². The second kappa shape index (κ2) is 9.06. The molecule has 0 atom stereocenters. The molecule has 1 amide bonds. The van der Waals surface area contributed by atoms with Crippen molar-refractivity contribution < 1.29 is 9.53 Å². The zero-order valence-electron chi connectivity index (χ0n) is 16.9. The molecule has 2 heterocycles. The third-order valence-electron chi connectivity index (χ3n) is 5.83. The van der Waals surface area contributed by atoms with Gasteiger partial charge in [0.05, 0.1) is 6.61 Å². The van der Waals surface area contributed by atoms with Crippen LogP contribution < -0.4 is 9.64 Å². The summed E-state index contributed by atoms with van der Waals surface area (Å²) in [6.07, 6.45) is 1.89. The van der Waals surface area contributed by atoms with Crippen LogP contribution in [0.2, 0.25) is 5.02 Å². The summed E-state index contributed by atoms with van der Waals surface area (Å²) < 4.78 is 5.93. The molecule has 0 aromatic heterocycles. The molecule has 0 unspecified atom stereocenters. The molecule has 2 aromatic rings. The van der Waals surface area contributed by atoms with Gasteiger partial charge in [-0.1, -0.05) is 17.7 Å². The van der Waals surface area contributed by atoms with E-state index < -0.39 is 0 Å². The summed E-state index contributed by atoms with van der Waals surface area (Å²) in [4.78, 5) is 19.0. The van der Waals surface area contributed by atoms with Crippen LogP contribution in [0.5, 0.6) is 5.75 Å². The molecule has 29 heavy (non-hydrogen) atoms. The number of fused-ring (bicyclic) bond motifs is 1. The van der Waals surface area contributed by atoms with Gasteiger partial charge in [0.1, 0.15) is 5.75 Å². The molecule has 2 aliphatic heterocycles. The third kappa shape index (κ3) is 4.85. The minimum atomic E-state index is 0.0928. The Morgan fingerprint density at radius 2 is 1.76 bits per heavy atom. The number of carbonyl (C=O) groups is 1. The first-order valence-electron chi connectivity index (χ1n) is 10.3. The standard InChI is InChI=1S/C23H28ClN3O2/c1-25-11-9-18-3-8-21(17-22(18)23(25)28)29-16-2-10-26-12-14-27(15-13-26)20-6-4-19(24)5-7-20/h3-8,17H,2,9-16H2,1H3. The third-order valence-corrected chi connectivity index (χ3v) is 6.08. The summed E-state index contributed by atoms with van der Waals surface area (Å²) in [5.74, 6) is 0.884. The second-order valence-electron chi connectivity index (χ2n) is 7.80. The highest BCUT2D eigenvalue weighted by Crippen LogP contribution is 2.23. The molecule has 0 radical (unpaired) electrons. The lowest BCUT2D eigenvalue weighted by Crippen LogP contribution is -2.46.